The van der Waals surface area contributed by atoms with Crippen molar-refractivity contribution in [2.24, 2.45) is 0 Å². The van der Waals surface area contributed by atoms with E-state index in [0.29, 0.717) is 0 Å². The maximum absolute atomic E-state index is 4.16. The molecule has 0 saturated carbocycles. The maximum Gasteiger partial charge on any atom is 0.139 e. The second-order valence-electron chi connectivity index (χ2n) is 7.22. The van der Waals surface area contributed by atoms with Gasteiger partial charge in [0.1, 0.15) is 7.85 Å². The fourth-order valence-corrected chi connectivity index (χ4v) is 3.33. The first-order valence-corrected chi connectivity index (χ1v) is 7.95. The first-order chi connectivity index (χ1) is 10.3. The zero-order valence-electron chi connectivity index (χ0n) is 14.2. The van der Waals surface area contributed by atoms with Crippen molar-refractivity contribution in [3.05, 3.63) is 71.3 Å². The summed E-state index contributed by atoms with van der Waals surface area (Å²) in [5, 5.41) is 0. The highest BCUT2D eigenvalue weighted by atomic mass is 14.3. The zero-order chi connectivity index (χ0) is 16.1. The lowest BCUT2D eigenvalue weighted by molar-refractivity contribution is 0.590. The molecule has 0 N–H and O–H groups in total. The monoisotopic (exact) mass is 286 g/mol. The second-order valence-corrected chi connectivity index (χ2v) is 7.22. The molecule has 2 aromatic rings. The third-order valence-corrected chi connectivity index (χ3v) is 4.55. The van der Waals surface area contributed by atoms with Crippen LogP contribution in [-0.4, -0.2) is 7.85 Å². The lowest BCUT2D eigenvalue weighted by Crippen LogP contribution is -2.10. The molecule has 110 valence electrons. The summed E-state index contributed by atoms with van der Waals surface area (Å²) in [6, 6.07) is 13.5. The number of benzene rings is 2. The van der Waals surface area contributed by atoms with Crippen LogP contribution in [0.2, 0.25) is 0 Å². The molecule has 22 heavy (non-hydrogen) atoms. The molecule has 0 fully saturated rings. The smallest absolute Gasteiger partial charge is 0.105 e. The van der Waals surface area contributed by atoms with Gasteiger partial charge in [0.2, 0.25) is 0 Å². The third kappa shape index (κ3) is 2.16. The van der Waals surface area contributed by atoms with E-state index in [1.54, 1.807) is 0 Å². The minimum atomic E-state index is 0.167. The Bertz CT molecular complexity index is 801. The minimum absolute atomic E-state index is 0.167. The van der Waals surface area contributed by atoms with Crippen LogP contribution < -0.4 is 0 Å². The van der Waals surface area contributed by atoms with Crippen LogP contribution in [0.4, 0.5) is 0 Å². The molecule has 0 saturated heterocycles. The minimum Gasteiger partial charge on any atom is -0.105 e. The Hall–Kier alpha value is -2.02. The maximum atomic E-state index is 4.16. The van der Waals surface area contributed by atoms with Crippen molar-refractivity contribution >= 4 is 18.9 Å². The lowest BCUT2D eigenvalue weighted by atomic mass is 9.84. The molecule has 0 unspecified atom stereocenters. The summed E-state index contributed by atoms with van der Waals surface area (Å²) in [6.07, 6.45) is 2.23. The molecule has 1 heteroatoms. The predicted octanol–water partition coefficient (Wildman–Crippen LogP) is 5.02. The van der Waals surface area contributed by atoms with Gasteiger partial charge in [0.25, 0.3) is 0 Å². The summed E-state index contributed by atoms with van der Waals surface area (Å²) in [6.45, 7) is 13.1. The summed E-state index contributed by atoms with van der Waals surface area (Å²) in [5.74, 6) is 0. The van der Waals surface area contributed by atoms with E-state index in [0.717, 1.165) is 5.47 Å². The van der Waals surface area contributed by atoms with Crippen molar-refractivity contribution in [2.45, 2.75) is 33.1 Å². The summed E-state index contributed by atoms with van der Waals surface area (Å²) in [4.78, 5) is 0. The van der Waals surface area contributed by atoms with Gasteiger partial charge in [-0.2, -0.15) is 0 Å². The van der Waals surface area contributed by atoms with E-state index < -0.39 is 0 Å². The average Bonchev–Trinajstić information content (AvgIpc) is 2.79. The Morgan fingerprint density at radius 1 is 1.05 bits per heavy atom. The van der Waals surface area contributed by atoms with E-state index >= 15 is 0 Å². The Balaban J connectivity index is 2.33. The van der Waals surface area contributed by atoms with Gasteiger partial charge in [-0.05, 0) is 57.4 Å². The van der Waals surface area contributed by atoms with Crippen LogP contribution in [0.5, 0.6) is 0 Å². The summed E-state index contributed by atoms with van der Waals surface area (Å²) in [7, 11) is 2.09. The van der Waals surface area contributed by atoms with Crippen molar-refractivity contribution in [3.8, 4) is 11.1 Å². The number of hydrogen-bond donors (Lipinski definition) is 0. The largest absolute Gasteiger partial charge is 0.139 e. The van der Waals surface area contributed by atoms with Gasteiger partial charge in [-0.1, -0.05) is 62.7 Å². The molecule has 0 nitrogen and oxygen atoms in total. The van der Waals surface area contributed by atoms with Gasteiger partial charge in [-0.15, -0.1) is 6.58 Å². The molecule has 0 atom stereocenters. The summed E-state index contributed by atoms with van der Waals surface area (Å²) in [5.41, 5.74) is 10.7. The molecular formula is C21H23B. The molecule has 0 aliphatic heterocycles. The van der Waals surface area contributed by atoms with Crippen molar-refractivity contribution in [2.75, 3.05) is 0 Å². The molecule has 1 aliphatic rings. The van der Waals surface area contributed by atoms with Crippen molar-refractivity contribution in [3.63, 3.8) is 0 Å². The number of allylic oxidation sites excluding steroid dienone is 1. The van der Waals surface area contributed by atoms with E-state index in [9.17, 15) is 0 Å². The quantitative estimate of drug-likeness (QED) is 0.551. The Labute approximate surface area is 135 Å². The van der Waals surface area contributed by atoms with Gasteiger partial charge in [0, 0.05) is 0 Å². The van der Waals surface area contributed by atoms with Crippen molar-refractivity contribution in [1.82, 2.24) is 0 Å². The molecule has 0 heterocycles. The molecule has 0 amide bonds. The Morgan fingerprint density at radius 2 is 1.77 bits per heavy atom. The number of hydrogen-bond acceptors (Lipinski definition) is 0. The molecule has 2 aromatic carbocycles. The predicted molar refractivity (Wildman–Crippen MR) is 101 cm³/mol. The Morgan fingerprint density at radius 3 is 2.36 bits per heavy atom. The van der Waals surface area contributed by atoms with Gasteiger partial charge in [-0.3, -0.25) is 0 Å². The molecule has 1 aliphatic carbocycles. The molecular weight excluding hydrogens is 263 g/mol. The SMILES string of the molecule is BC(=C)c1cccc2c1/C(=C\C)c1ccc(C(C)(C)C)cc1-2. The van der Waals surface area contributed by atoms with E-state index in [1.807, 2.05) is 0 Å². The van der Waals surface area contributed by atoms with Crippen LogP contribution >= 0.6 is 0 Å². The summed E-state index contributed by atoms with van der Waals surface area (Å²) >= 11 is 0. The van der Waals surface area contributed by atoms with Crippen LogP contribution in [0.15, 0.2) is 49.1 Å². The normalized spacial score (nSPS) is 14.8. The molecule has 0 radical (unpaired) electrons. The van der Waals surface area contributed by atoms with Crippen LogP contribution in [0, 0.1) is 0 Å². The van der Waals surface area contributed by atoms with Gasteiger partial charge in [0.15, 0.2) is 0 Å². The Kier molecular flexibility index (Phi) is 3.40. The standard InChI is InChI=1S/C21H23B/c1-6-15-17-11-10-14(21(3,4)5)12-19(17)18-9-7-8-16(13(2)22)20(15)18/h6-12H,2,22H2,1,3-5H3/b15-6-. The highest BCUT2D eigenvalue weighted by Crippen LogP contribution is 2.47. The molecule has 0 bridgehead atoms. The number of fused-ring (bicyclic) bond motifs is 3. The van der Waals surface area contributed by atoms with E-state index in [4.69, 9.17) is 0 Å². The van der Waals surface area contributed by atoms with E-state index in [-0.39, 0.29) is 5.41 Å². The van der Waals surface area contributed by atoms with Crippen LogP contribution in [-0.2, 0) is 5.41 Å². The lowest BCUT2D eigenvalue weighted by Gasteiger charge is -2.20. The van der Waals surface area contributed by atoms with Crippen LogP contribution in [0.1, 0.15) is 49.9 Å². The van der Waals surface area contributed by atoms with Gasteiger partial charge in [0.05, 0.1) is 0 Å². The fraction of sp³-hybridized carbons (Fsp3) is 0.238. The zero-order valence-corrected chi connectivity index (χ0v) is 14.2. The molecule has 0 spiro atoms. The van der Waals surface area contributed by atoms with Crippen LogP contribution in [0.3, 0.4) is 0 Å². The third-order valence-electron chi connectivity index (χ3n) is 4.55. The summed E-state index contributed by atoms with van der Waals surface area (Å²) < 4.78 is 0. The molecule has 0 aromatic heterocycles. The van der Waals surface area contributed by atoms with Gasteiger partial charge < -0.3 is 0 Å². The number of rotatable bonds is 1. The second kappa shape index (κ2) is 5.02. The van der Waals surface area contributed by atoms with Crippen molar-refractivity contribution < 1.29 is 0 Å². The first kappa shape index (κ1) is 14.9. The molecule has 3 rings (SSSR count). The first-order valence-electron chi connectivity index (χ1n) is 7.95. The van der Waals surface area contributed by atoms with Crippen molar-refractivity contribution in [1.29, 1.82) is 0 Å². The van der Waals surface area contributed by atoms with E-state index in [2.05, 4.69) is 84.6 Å². The highest BCUT2D eigenvalue weighted by Gasteiger charge is 2.27. The fourth-order valence-electron chi connectivity index (χ4n) is 3.33. The average molecular weight is 286 g/mol. The highest BCUT2D eigenvalue weighted by molar-refractivity contribution is 6.42. The van der Waals surface area contributed by atoms with E-state index in [1.165, 1.54) is 39.0 Å². The topological polar surface area (TPSA) is 0 Å². The van der Waals surface area contributed by atoms with Gasteiger partial charge >= 0.3 is 0 Å². The van der Waals surface area contributed by atoms with Crippen LogP contribution in [0.25, 0.3) is 22.2 Å². The van der Waals surface area contributed by atoms with Gasteiger partial charge in [-0.25, -0.2) is 0 Å².